The molecule has 1 aromatic carbocycles. The van der Waals surface area contributed by atoms with Crippen LogP contribution < -0.4 is 10.9 Å². The molecule has 0 fully saturated rings. The predicted octanol–water partition coefficient (Wildman–Crippen LogP) is 3.10. The number of rotatable bonds is 9. The van der Waals surface area contributed by atoms with E-state index in [9.17, 15) is 14.7 Å². The van der Waals surface area contributed by atoms with E-state index in [1.165, 1.54) is 0 Å². The van der Waals surface area contributed by atoms with Crippen LogP contribution in [0.25, 0.3) is 22.4 Å². The number of hydrogen-bond acceptors (Lipinski definition) is 7. The molecule has 3 rings (SSSR count). The Hall–Kier alpha value is -3.01. The lowest BCUT2D eigenvalue weighted by atomic mass is 10.1. The number of esters is 1. The van der Waals surface area contributed by atoms with Crippen molar-refractivity contribution in [2.75, 3.05) is 13.7 Å². The largest absolute Gasteiger partial charge is 0.459 e. The number of pyridine rings is 1. The summed E-state index contributed by atoms with van der Waals surface area (Å²) >= 11 is 0. The van der Waals surface area contributed by atoms with Crippen LogP contribution in [0.2, 0.25) is 0 Å². The summed E-state index contributed by atoms with van der Waals surface area (Å²) in [5.41, 5.74) is 3.43. The molecule has 0 spiro atoms. The van der Waals surface area contributed by atoms with Gasteiger partial charge in [-0.05, 0) is 65.3 Å². The average molecular weight is 499 g/mol. The third-order valence-electron chi connectivity index (χ3n) is 5.89. The number of carbonyl (C=O) groups is 1. The zero-order chi connectivity index (χ0) is 26.8. The van der Waals surface area contributed by atoms with E-state index in [4.69, 9.17) is 14.5 Å². The zero-order valence-electron chi connectivity index (χ0n) is 22.5. The van der Waals surface area contributed by atoms with Gasteiger partial charge in [-0.3, -0.25) is 14.9 Å². The van der Waals surface area contributed by atoms with E-state index < -0.39 is 23.7 Å². The van der Waals surface area contributed by atoms with Crippen LogP contribution in [0.5, 0.6) is 0 Å². The molecule has 0 saturated carbocycles. The number of hydrogen-bond donors (Lipinski definition) is 2. The zero-order valence-corrected chi connectivity index (χ0v) is 22.5. The Morgan fingerprint density at radius 2 is 1.92 bits per heavy atom. The molecule has 0 aliphatic carbocycles. The van der Waals surface area contributed by atoms with Gasteiger partial charge in [-0.1, -0.05) is 6.07 Å². The number of nitrogens with one attached hydrogen (secondary N) is 1. The summed E-state index contributed by atoms with van der Waals surface area (Å²) in [6.07, 6.45) is 0.874. The van der Waals surface area contributed by atoms with Gasteiger partial charge in [0.05, 0.1) is 29.8 Å². The van der Waals surface area contributed by atoms with E-state index in [-0.39, 0.29) is 11.6 Å². The second-order valence-electron chi connectivity index (χ2n) is 10.4. The summed E-state index contributed by atoms with van der Waals surface area (Å²) < 4.78 is 14.6. The number of imidazole rings is 1. The number of nitrogens with zero attached hydrogens (tertiary/aromatic N) is 3. The molecule has 3 aromatic rings. The molecular formula is C27H38N4O5. The first-order chi connectivity index (χ1) is 16.8. The highest BCUT2D eigenvalue weighted by molar-refractivity contribution is 5.82. The number of ether oxygens (including phenoxy) is 2. The molecule has 0 unspecified atom stereocenters. The van der Waals surface area contributed by atoms with Gasteiger partial charge in [-0.2, -0.15) is 0 Å². The van der Waals surface area contributed by atoms with Crippen LogP contribution in [0.1, 0.15) is 51.8 Å². The van der Waals surface area contributed by atoms with Crippen molar-refractivity contribution in [2.45, 2.75) is 71.9 Å². The van der Waals surface area contributed by atoms with Crippen molar-refractivity contribution in [3.63, 3.8) is 0 Å². The van der Waals surface area contributed by atoms with Gasteiger partial charge in [-0.15, -0.1) is 0 Å². The third kappa shape index (κ3) is 6.21. The van der Waals surface area contributed by atoms with Gasteiger partial charge >= 0.3 is 5.97 Å². The molecule has 196 valence electrons. The van der Waals surface area contributed by atoms with Gasteiger partial charge in [0.2, 0.25) is 0 Å². The third-order valence-corrected chi connectivity index (χ3v) is 5.89. The highest BCUT2D eigenvalue weighted by atomic mass is 16.6. The first-order valence-corrected chi connectivity index (χ1v) is 12.1. The lowest BCUT2D eigenvalue weighted by Gasteiger charge is -2.26. The molecule has 2 heterocycles. The maximum absolute atomic E-state index is 12.6. The summed E-state index contributed by atoms with van der Waals surface area (Å²) in [4.78, 5) is 29.7. The summed E-state index contributed by atoms with van der Waals surface area (Å²) in [5.74, 6) is 0.249. The monoisotopic (exact) mass is 498 g/mol. The minimum Gasteiger partial charge on any atom is -0.459 e. The van der Waals surface area contributed by atoms with E-state index in [1.54, 1.807) is 59.5 Å². The fourth-order valence-electron chi connectivity index (χ4n) is 4.26. The lowest BCUT2D eigenvalue weighted by Crippen LogP contribution is -2.47. The topological polar surface area (TPSA) is 108 Å². The number of benzene rings is 1. The van der Waals surface area contributed by atoms with Crippen molar-refractivity contribution < 1.29 is 19.4 Å². The summed E-state index contributed by atoms with van der Waals surface area (Å²) in [5, 5.41) is 13.3. The number of aliphatic hydroxyl groups excluding tert-OH is 1. The van der Waals surface area contributed by atoms with Crippen molar-refractivity contribution >= 4 is 17.0 Å². The molecule has 0 aliphatic rings. The number of aryl methyl sites for hydroxylation is 2. The van der Waals surface area contributed by atoms with Crippen LogP contribution in [0.4, 0.5) is 0 Å². The molecular weight excluding hydrogens is 460 g/mol. The Labute approximate surface area is 212 Å². The normalized spacial score (nSPS) is 14.6. The number of carbonyl (C=O) groups excluding carboxylic acids is 1. The molecule has 9 heteroatoms. The molecule has 0 bridgehead atoms. The van der Waals surface area contributed by atoms with E-state index in [1.807, 2.05) is 24.3 Å². The smallest absolute Gasteiger partial charge is 0.326 e. The maximum atomic E-state index is 12.6. The fourth-order valence-corrected chi connectivity index (χ4v) is 4.26. The summed E-state index contributed by atoms with van der Waals surface area (Å²) in [6, 6.07) is 6.87. The first kappa shape index (κ1) is 27.6. The molecule has 9 nitrogen and oxygen atoms in total. The van der Waals surface area contributed by atoms with Gasteiger partial charge in [0.1, 0.15) is 17.5 Å². The Morgan fingerprint density at radius 3 is 2.50 bits per heavy atom. The van der Waals surface area contributed by atoms with Crippen LogP contribution in [-0.2, 0) is 27.9 Å². The molecule has 0 radical (unpaired) electrons. The van der Waals surface area contributed by atoms with Crippen molar-refractivity contribution in [3.05, 3.63) is 51.9 Å². The minimum atomic E-state index is -0.921. The second kappa shape index (κ2) is 10.9. The molecule has 2 N–H and O–H groups in total. The number of aliphatic hydroxyl groups is 1. The average Bonchev–Trinajstić information content (AvgIpc) is 3.15. The second-order valence-corrected chi connectivity index (χ2v) is 10.4. The van der Waals surface area contributed by atoms with E-state index in [0.29, 0.717) is 18.7 Å². The molecule has 3 atom stereocenters. The molecule has 0 amide bonds. The van der Waals surface area contributed by atoms with Gasteiger partial charge in [0.25, 0.3) is 5.56 Å². The van der Waals surface area contributed by atoms with Crippen LogP contribution >= 0.6 is 0 Å². The summed E-state index contributed by atoms with van der Waals surface area (Å²) in [7, 11) is 3.39. The van der Waals surface area contributed by atoms with E-state index in [0.717, 1.165) is 28.0 Å². The van der Waals surface area contributed by atoms with Gasteiger partial charge in [-0.25, -0.2) is 4.98 Å². The van der Waals surface area contributed by atoms with E-state index in [2.05, 4.69) is 16.8 Å². The maximum Gasteiger partial charge on any atom is 0.326 e. The highest BCUT2D eigenvalue weighted by Gasteiger charge is 2.28. The standard InChI is InChI=1S/C27H38N4O5/c1-16-11-20(14-30(7)25(16)33)24-29-21-10-9-19(12-22(21)31(24)17(2)15-35-8)13-28-23(18(3)32)26(34)36-27(4,5)6/h9-12,14,17-18,23,28,32H,13,15H2,1-8H3/t17-,18+,23-/m0/s1. The fraction of sp³-hybridized carbons (Fsp3) is 0.519. The van der Waals surface area contributed by atoms with Gasteiger partial charge < -0.3 is 23.7 Å². The predicted molar refractivity (Wildman–Crippen MR) is 140 cm³/mol. The van der Waals surface area contributed by atoms with Crippen molar-refractivity contribution in [2.24, 2.45) is 7.05 Å². The van der Waals surface area contributed by atoms with Crippen molar-refractivity contribution in [1.29, 1.82) is 0 Å². The molecule has 2 aromatic heterocycles. The molecule has 0 aliphatic heterocycles. The SMILES string of the molecule is COC[C@H](C)n1c(-c2cc(C)c(=O)n(C)c2)nc2ccc(CN[C@H](C(=O)OC(C)(C)C)[C@@H](C)O)cc21. The highest BCUT2D eigenvalue weighted by Crippen LogP contribution is 2.29. The first-order valence-electron chi connectivity index (χ1n) is 12.1. The van der Waals surface area contributed by atoms with Crippen molar-refractivity contribution in [3.8, 4) is 11.4 Å². The van der Waals surface area contributed by atoms with Crippen molar-refractivity contribution in [1.82, 2.24) is 19.4 Å². The lowest BCUT2D eigenvalue weighted by molar-refractivity contribution is -0.160. The van der Waals surface area contributed by atoms with Crippen LogP contribution in [-0.4, -0.2) is 56.7 Å². The van der Waals surface area contributed by atoms with Crippen LogP contribution in [0.15, 0.2) is 35.3 Å². The number of aromatic nitrogens is 3. The van der Waals surface area contributed by atoms with Gasteiger partial charge in [0.15, 0.2) is 0 Å². The van der Waals surface area contributed by atoms with Crippen LogP contribution in [0, 0.1) is 6.92 Å². The van der Waals surface area contributed by atoms with Gasteiger partial charge in [0, 0.05) is 38.0 Å². The Morgan fingerprint density at radius 1 is 1.22 bits per heavy atom. The molecule has 36 heavy (non-hydrogen) atoms. The summed E-state index contributed by atoms with van der Waals surface area (Å²) in [6.45, 7) is 11.6. The minimum absolute atomic E-state index is 0.0253. The molecule has 0 saturated heterocycles. The van der Waals surface area contributed by atoms with Crippen LogP contribution in [0.3, 0.4) is 0 Å². The number of fused-ring (bicyclic) bond motifs is 1. The quantitative estimate of drug-likeness (QED) is 0.437. The Kier molecular flexibility index (Phi) is 8.38. The Bertz CT molecular complexity index is 1260. The Balaban J connectivity index is 2.00. The van der Waals surface area contributed by atoms with E-state index >= 15 is 0 Å². The number of methoxy groups -OCH3 is 1.